The van der Waals surface area contributed by atoms with Crippen molar-refractivity contribution in [1.29, 1.82) is 0 Å². The van der Waals surface area contributed by atoms with E-state index in [4.69, 9.17) is 11.6 Å². The van der Waals surface area contributed by atoms with E-state index in [0.29, 0.717) is 22.7 Å². The standard InChI is InChI=1S/C27H30ClN3O4S/c1-20-18-23(28)14-15-25(20)31(36(34,35)24-12-8-5-9-13-24)19-26(32)30(21(2)27(33)29-3)17-16-22-10-6-4-7-11-22/h4-15,18,21H,16-17,19H2,1-3H3,(H,29,33)/t21-/m0/s1. The molecule has 0 fully saturated rings. The molecule has 0 aliphatic carbocycles. The average Bonchev–Trinajstić information content (AvgIpc) is 2.88. The maximum Gasteiger partial charge on any atom is 0.264 e. The van der Waals surface area contributed by atoms with Crippen molar-refractivity contribution < 1.29 is 18.0 Å². The number of likely N-dealkylation sites (N-methyl/N-ethyl adjacent to an activating group) is 1. The van der Waals surface area contributed by atoms with Crippen LogP contribution in [0.15, 0.2) is 83.8 Å². The van der Waals surface area contributed by atoms with E-state index in [1.54, 1.807) is 50.2 Å². The van der Waals surface area contributed by atoms with Gasteiger partial charge in [-0.05, 0) is 61.7 Å². The van der Waals surface area contributed by atoms with Crippen molar-refractivity contribution in [2.24, 2.45) is 0 Å². The minimum absolute atomic E-state index is 0.0577. The zero-order chi connectivity index (χ0) is 26.3. The second kappa shape index (κ2) is 12.1. The van der Waals surface area contributed by atoms with Crippen LogP contribution >= 0.6 is 11.6 Å². The summed E-state index contributed by atoms with van der Waals surface area (Å²) in [6, 6.07) is 21.6. The topological polar surface area (TPSA) is 86.8 Å². The number of rotatable bonds is 10. The predicted molar refractivity (Wildman–Crippen MR) is 143 cm³/mol. The molecule has 9 heteroatoms. The Morgan fingerprint density at radius 3 is 2.17 bits per heavy atom. The summed E-state index contributed by atoms with van der Waals surface area (Å²) in [4.78, 5) is 27.6. The second-order valence-corrected chi connectivity index (χ2v) is 10.7. The number of amides is 2. The Morgan fingerprint density at radius 2 is 1.58 bits per heavy atom. The fourth-order valence-electron chi connectivity index (χ4n) is 3.91. The van der Waals surface area contributed by atoms with Crippen molar-refractivity contribution in [3.8, 4) is 0 Å². The third kappa shape index (κ3) is 6.44. The van der Waals surface area contributed by atoms with E-state index in [1.807, 2.05) is 30.3 Å². The van der Waals surface area contributed by atoms with Gasteiger partial charge in [0.2, 0.25) is 11.8 Å². The third-order valence-corrected chi connectivity index (χ3v) is 7.94. The fraction of sp³-hybridized carbons (Fsp3) is 0.259. The van der Waals surface area contributed by atoms with Crippen LogP contribution in [-0.2, 0) is 26.0 Å². The molecule has 1 N–H and O–H groups in total. The van der Waals surface area contributed by atoms with Gasteiger partial charge in [-0.15, -0.1) is 0 Å². The normalized spacial score (nSPS) is 12.0. The van der Waals surface area contributed by atoms with Crippen LogP contribution in [0.1, 0.15) is 18.1 Å². The molecule has 0 saturated carbocycles. The summed E-state index contributed by atoms with van der Waals surface area (Å²) in [6.45, 7) is 3.14. The summed E-state index contributed by atoms with van der Waals surface area (Å²) in [5, 5.41) is 3.03. The van der Waals surface area contributed by atoms with Gasteiger partial charge in [0, 0.05) is 18.6 Å². The number of anilines is 1. The molecule has 0 saturated heterocycles. The van der Waals surface area contributed by atoms with E-state index in [-0.39, 0.29) is 17.3 Å². The van der Waals surface area contributed by atoms with Crippen molar-refractivity contribution in [3.05, 3.63) is 95.0 Å². The monoisotopic (exact) mass is 527 g/mol. The third-order valence-electron chi connectivity index (χ3n) is 5.94. The number of hydrogen-bond acceptors (Lipinski definition) is 4. The van der Waals surface area contributed by atoms with E-state index >= 15 is 0 Å². The summed E-state index contributed by atoms with van der Waals surface area (Å²) in [5.74, 6) is -0.826. The molecule has 3 aromatic rings. The number of hydrogen-bond donors (Lipinski definition) is 1. The van der Waals surface area contributed by atoms with Crippen LogP contribution < -0.4 is 9.62 Å². The first kappa shape index (κ1) is 27.2. The van der Waals surface area contributed by atoms with Gasteiger partial charge in [0.1, 0.15) is 12.6 Å². The lowest BCUT2D eigenvalue weighted by atomic mass is 10.1. The molecule has 3 rings (SSSR count). The van der Waals surface area contributed by atoms with Gasteiger partial charge in [-0.2, -0.15) is 0 Å². The molecule has 0 spiro atoms. The number of benzene rings is 3. The smallest absolute Gasteiger partial charge is 0.264 e. The molecular formula is C27H30ClN3O4S. The highest BCUT2D eigenvalue weighted by Crippen LogP contribution is 2.29. The van der Waals surface area contributed by atoms with E-state index in [2.05, 4.69) is 5.32 Å². The molecule has 0 heterocycles. The van der Waals surface area contributed by atoms with Crippen LogP contribution in [0.2, 0.25) is 5.02 Å². The molecule has 0 radical (unpaired) electrons. The van der Waals surface area contributed by atoms with E-state index in [1.165, 1.54) is 24.1 Å². The number of aryl methyl sites for hydroxylation is 1. The highest BCUT2D eigenvalue weighted by molar-refractivity contribution is 7.92. The van der Waals surface area contributed by atoms with Gasteiger partial charge < -0.3 is 10.2 Å². The molecule has 0 aliphatic heterocycles. The van der Waals surface area contributed by atoms with Crippen molar-refractivity contribution in [3.63, 3.8) is 0 Å². The maximum atomic E-state index is 13.7. The lowest BCUT2D eigenvalue weighted by Gasteiger charge is -2.32. The molecule has 0 aliphatic rings. The van der Waals surface area contributed by atoms with Gasteiger partial charge in [-0.25, -0.2) is 8.42 Å². The molecule has 0 unspecified atom stereocenters. The summed E-state index contributed by atoms with van der Waals surface area (Å²) < 4.78 is 28.5. The quantitative estimate of drug-likeness (QED) is 0.431. The zero-order valence-electron chi connectivity index (χ0n) is 20.5. The average molecular weight is 528 g/mol. The highest BCUT2D eigenvalue weighted by atomic mass is 35.5. The zero-order valence-corrected chi connectivity index (χ0v) is 22.1. The second-order valence-electron chi connectivity index (χ2n) is 8.37. The number of carbonyl (C=O) groups is 2. The molecular weight excluding hydrogens is 498 g/mol. The minimum atomic E-state index is -4.09. The highest BCUT2D eigenvalue weighted by Gasteiger charge is 2.32. The number of nitrogens with one attached hydrogen (secondary N) is 1. The van der Waals surface area contributed by atoms with Crippen LogP contribution in [-0.4, -0.2) is 51.3 Å². The SMILES string of the molecule is CNC(=O)[C@H](C)N(CCc1ccccc1)C(=O)CN(c1ccc(Cl)cc1C)S(=O)(=O)c1ccccc1. The van der Waals surface area contributed by atoms with Crippen LogP contribution in [0.25, 0.3) is 0 Å². The lowest BCUT2D eigenvalue weighted by molar-refractivity contribution is -0.138. The maximum absolute atomic E-state index is 13.7. The van der Waals surface area contributed by atoms with Crippen LogP contribution in [0.4, 0.5) is 5.69 Å². The predicted octanol–water partition coefficient (Wildman–Crippen LogP) is 4.05. The largest absolute Gasteiger partial charge is 0.357 e. The summed E-state index contributed by atoms with van der Waals surface area (Å²) in [5.41, 5.74) is 1.94. The molecule has 36 heavy (non-hydrogen) atoms. The van der Waals surface area contributed by atoms with Gasteiger partial charge in [0.05, 0.1) is 10.6 Å². The summed E-state index contributed by atoms with van der Waals surface area (Å²) in [6.07, 6.45) is 0.513. The van der Waals surface area contributed by atoms with Crippen LogP contribution in [0.3, 0.4) is 0 Å². The summed E-state index contributed by atoms with van der Waals surface area (Å²) in [7, 11) is -2.59. The first-order valence-corrected chi connectivity index (χ1v) is 13.4. The van der Waals surface area contributed by atoms with Crippen LogP contribution in [0, 0.1) is 6.92 Å². The van der Waals surface area contributed by atoms with E-state index in [0.717, 1.165) is 9.87 Å². The van der Waals surface area contributed by atoms with Crippen molar-refractivity contribution in [2.45, 2.75) is 31.2 Å². The van der Waals surface area contributed by atoms with Gasteiger partial charge >= 0.3 is 0 Å². The molecule has 3 aromatic carbocycles. The Bertz CT molecular complexity index is 1300. The Hall–Kier alpha value is -3.36. The summed E-state index contributed by atoms with van der Waals surface area (Å²) >= 11 is 6.11. The first-order chi connectivity index (χ1) is 17.1. The lowest BCUT2D eigenvalue weighted by Crippen LogP contribution is -2.51. The van der Waals surface area contributed by atoms with E-state index in [9.17, 15) is 18.0 Å². The van der Waals surface area contributed by atoms with Crippen molar-refractivity contribution in [1.82, 2.24) is 10.2 Å². The first-order valence-electron chi connectivity index (χ1n) is 11.5. The van der Waals surface area contributed by atoms with E-state index < -0.39 is 28.5 Å². The minimum Gasteiger partial charge on any atom is -0.357 e. The molecule has 0 aromatic heterocycles. The Balaban J connectivity index is 1.99. The molecule has 0 bridgehead atoms. The van der Waals surface area contributed by atoms with Gasteiger partial charge in [0.15, 0.2) is 0 Å². The molecule has 7 nitrogen and oxygen atoms in total. The fourth-order valence-corrected chi connectivity index (χ4v) is 5.64. The number of carbonyl (C=O) groups excluding carboxylic acids is 2. The number of halogens is 1. The molecule has 1 atom stereocenters. The Morgan fingerprint density at radius 1 is 0.972 bits per heavy atom. The molecule has 2 amide bonds. The Kier molecular flexibility index (Phi) is 9.12. The van der Waals surface area contributed by atoms with Crippen molar-refractivity contribution >= 4 is 39.1 Å². The Labute approximate surface area is 217 Å². The van der Waals surface area contributed by atoms with Crippen LogP contribution in [0.5, 0.6) is 0 Å². The molecule has 190 valence electrons. The van der Waals surface area contributed by atoms with Gasteiger partial charge in [0.25, 0.3) is 10.0 Å². The van der Waals surface area contributed by atoms with Crippen molar-refractivity contribution in [2.75, 3.05) is 24.4 Å². The number of sulfonamides is 1. The van der Waals surface area contributed by atoms with Gasteiger partial charge in [-0.1, -0.05) is 60.1 Å². The number of nitrogens with zero attached hydrogens (tertiary/aromatic N) is 2. The van der Waals surface area contributed by atoms with Gasteiger partial charge in [-0.3, -0.25) is 13.9 Å².